The summed E-state index contributed by atoms with van der Waals surface area (Å²) < 4.78 is 27.2. The molecule has 1 heterocycles. The van der Waals surface area contributed by atoms with Crippen LogP contribution in [0.5, 0.6) is 0 Å². The summed E-state index contributed by atoms with van der Waals surface area (Å²) in [6.45, 7) is 4.84. The molecule has 0 aromatic heterocycles. The van der Waals surface area contributed by atoms with Gasteiger partial charge < -0.3 is 10.2 Å². The highest BCUT2D eigenvalue weighted by molar-refractivity contribution is 7.89. The lowest BCUT2D eigenvalue weighted by Crippen LogP contribution is -2.45. The lowest BCUT2D eigenvalue weighted by molar-refractivity contribution is -0.126. The molecule has 2 amide bonds. The second-order valence-electron chi connectivity index (χ2n) is 8.44. The fraction of sp³-hybridized carbons (Fsp3) is 0.417. The Hall–Kier alpha value is -2.71. The van der Waals surface area contributed by atoms with Crippen molar-refractivity contribution in [3.8, 4) is 0 Å². The molecule has 3 rings (SSSR count). The molecule has 0 aliphatic carbocycles. The Morgan fingerprint density at radius 3 is 2.38 bits per heavy atom. The third-order valence-corrected chi connectivity index (χ3v) is 7.78. The zero-order valence-corrected chi connectivity index (χ0v) is 19.6. The van der Waals surface area contributed by atoms with Gasteiger partial charge in [-0.2, -0.15) is 4.31 Å². The van der Waals surface area contributed by atoms with Crippen LogP contribution in [0.25, 0.3) is 0 Å². The first-order valence-electron chi connectivity index (χ1n) is 10.9. The van der Waals surface area contributed by atoms with E-state index in [0.29, 0.717) is 31.5 Å². The summed E-state index contributed by atoms with van der Waals surface area (Å²) in [6.07, 6.45) is 1.30. The van der Waals surface area contributed by atoms with E-state index >= 15 is 0 Å². The standard InChI is InChI=1S/C24H31N3O4S/c1-18(2)26(3)24(29)20-13-11-19(12-14-20)16-25-23(28)21-8-7-15-27(17-21)32(30,31)22-9-5-4-6-10-22/h4-6,9-14,18,21H,7-8,15-17H2,1-3H3,(H,25,28). The number of hydrogen-bond acceptors (Lipinski definition) is 4. The third-order valence-electron chi connectivity index (χ3n) is 5.90. The zero-order chi connectivity index (χ0) is 23.3. The molecule has 0 spiro atoms. The van der Waals surface area contributed by atoms with Crippen molar-refractivity contribution in [3.05, 3.63) is 65.7 Å². The summed E-state index contributed by atoms with van der Waals surface area (Å²) in [5.74, 6) is -0.585. The fourth-order valence-corrected chi connectivity index (χ4v) is 5.20. The normalized spacial score (nSPS) is 17.2. The van der Waals surface area contributed by atoms with Gasteiger partial charge in [-0.05, 0) is 56.5 Å². The van der Waals surface area contributed by atoms with Gasteiger partial charge in [0.1, 0.15) is 0 Å². The Morgan fingerprint density at radius 2 is 1.75 bits per heavy atom. The molecule has 0 bridgehead atoms. The molecule has 1 unspecified atom stereocenters. The number of piperidine rings is 1. The van der Waals surface area contributed by atoms with E-state index in [1.165, 1.54) is 4.31 Å². The molecule has 7 nitrogen and oxygen atoms in total. The van der Waals surface area contributed by atoms with Gasteiger partial charge >= 0.3 is 0 Å². The zero-order valence-electron chi connectivity index (χ0n) is 18.8. The topological polar surface area (TPSA) is 86.8 Å². The number of rotatable bonds is 7. The van der Waals surface area contributed by atoms with E-state index in [1.807, 2.05) is 26.0 Å². The Bertz CT molecular complexity index is 1040. The predicted octanol–water partition coefficient (Wildman–Crippen LogP) is 2.88. The minimum Gasteiger partial charge on any atom is -0.352 e. The van der Waals surface area contributed by atoms with Gasteiger partial charge in [-0.1, -0.05) is 30.3 Å². The number of amides is 2. The van der Waals surface area contributed by atoms with Gasteiger partial charge in [0.15, 0.2) is 0 Å². The van der Waals surface area contributed by atoms with Crippen LogP contribution in [-0.2, 0) is 21.4 Å². The number of sulfonamides is 1. The molecule has 1 fully saturated rings. The Morgan fingerprint density at radius 1 is 1.09 bits per heavy atom. The van der Waals surface area contributed by atoms with Gasteiger partial charge in [-0.15, -0.1) is 0 Å². The molecule has 32 heavy (non-hydrogen) atoms. The highest BCUT2D eigenvalue weighted by Gasteiger charge is 2.33. The van der Waals surface area contributed by atoms with E-state index in [4.69, 9.17) is 0 Å². The van der Waals surface area contributed by atoms with Gasteiger partial charge in [0, 0.05) is 38.3 Å². The van der Waals surface area contributed by atoms with Crippen LogP contribution in [0.15, 0.2) is 59.5 Å². The van der Waals surface area contributed by atoms with E-state index < -0.39 is 10.0 Å². The largest absolute Gasteiger partial charge is 0.352 e. The van der Waals surface area contributed by atoms with Crippen LogP contribution < -0.4 is 5.32 Å². The van der Waals surface area contributed by atoms with Crippen LogP contribution in [0.2, 0.25) is 0 Å². The van der Waals surface area contributed by atoms with Crippen molar-refractivity contribution < 1.29 is 18.0 Å². The molecular weight excluding hydrogens is 426 g/mol. The Labute approximate surface area is 190 Å². The van der Waals surface area contributed by atoms with Gasteiger partial charge in [-0.25, -0.2) is 8.42 Å². The summed E-state index contributed by atoms with van der Waals surface area (Å²) in [5, 5.41) is 2.91. The van der Waals surface area contributed by atoms with Crippen molar-refractivity contribution >= 4 is 21.8 Å². The van der Waals surface area contributed by atoms with Crippen LogP contribution >= 0.6 is 0 Å². The molecule has 0 radical (unpaired) electrons. The summed E-state index contributed by atoms with van der Waals surface area (Å²) >= 11 is 0. The van der Waals surface area contributed by atoms with Crippen molar-refractivity contribution in [3.63, 3.8) is 0 Å². The predicted molar refractivity (Wildman–Crippen MR) is 123 cm³/mol. The second kappa shape index (κ2) is 10.3. The number of nitrogens with one attached hydrogen (secondary N) is 1. The van der Waals surface area contributed by atoms with Gasteiger partial charge in [0.05, 0.1) is 10.8 Å². The van der Waals surface area contributed by atoms with E-state index in [2.05, 4.69) is 5.32 Å². The Balaban J connectivity index is 1.57. The first-order chi connectivity index (χ1) is 15.2. The number of benzene rings is 2. The van der Waals surface area contributed by atoms with E-state index in [0.717, 1.165) is 5.56 Å². The van der Waals surface area contributed by atoms with Gasteiger partial charge in [0.2, 0.25) is 15.9 Å². The molecule has 1 atom stereocenters. The van der Waals surface area contributed by atoms with E-state index in [1.54, 1.807) is 54.4 Å². The van der Waals surface area contributed by atoms with Crippen LogP contribution in [-0.4, -0.2) is 55.6 Å². The summed E-state index contributed by atoms with van der Waals surface area (Å²) in [7, 11) is -1.83. The van der Waals surface area contributed by atoms with Crippen molar-refractivity contribution in [2.75, 3.05) is 20.1 Å². The summed E-state index contributed by atoms with van der Waals surface area (Å²) in [5.41, 5.74) is 1.48. The highest BCUT2D eigenvalue weighted by atomic mass is 32.2. The number of carbonyl (C=O) groups is 2. The van der Waals surface area contributed by atoms with Crippen LogP contribution in [0.1, 0.15) is 42.6 Å². The number of hydrogen-bond donors (Lipinski definition) is 1. The average Bonchev–Trinajstić information content (AvgIpc) is 2.82. The Kier molecular flexibility index (Phi) is 7.69. The SMILES string of the molecule is CC(C)N(C)C(=O)c1ccc(CNC(=O)C2CCCN(S(=O)(=O)c3ccccc3)C2)cc1. The van der Waals surface area contributed by atoms with Crippen molar-refractivity contribution in [1.82, 2.24) is 14.5 Å². The molecule has 2 aromatic carbocycles. The van der Waals surface area contributed by atoms with Gasteiger partial charge in [-0.3, -0.25) is 9.59 Å². The molecule has 8 heteroatoms. The molecule has 172 valence electrons. The van der Waals surface area contributed by atoms with E-state index in [9.17, 15) is 18.0 Å². The molecule has 1 saturated heterocycles. The first-order valence-corrected chi connectivity index (χ1v) is 12.3. The van der Waals surface area contributed by atoms with Crippen LogP contribution in [0.3, 0.4) is 0 Å². The monoisotopic (exact) mass is 457 g/mol. The van der Waals surface area contributed by atoms with Crippen LogP contribution in [0, 0.1) is 5.92 Å². The molecule has 1 aliphatic heterocycles. The lowest BCUT2D eigenvalue weighted by Gasteiger charge is -2.31. The number of carbonyl (C=O) groups excluding carboxylic acids is 2. The minimum atomic E-state index is -3.60. The quantitative estimate of drug-likeness (QED) is 0.693. The lowest BCUT2D eigenvalue weighted by atomic mass is 9.98. The average molecular weight is 458 g/mol. The maximum Gasteiger partial charge on any atom is 0.253 e. The van der Waals surface area contributed by atoms with Crippen molar-refractivity contribution in [2.45, 2.75) is 44.2 Å². The molecule has 1 N–H and O–H groups in total. The molecule has 1 aliphatic rings. The fourth-order valence-electron chi connectivity index (χ4n) is 3.65. The maximum absolute atomic E-state index is 12.9. The highest BCUT2D eigenvalue weighted by Crippen LogP contribution is 2.24. The molecule has 2 aromatic rings. The molecular formula is C24H31N3O4S. The van der Waals surface area contributed by atoms with Crippen molar-refractivity contribution in [2.24, 2.45) is 5.92 Å². The number of nitrogens with zero attached hydrogens (tertiary/aromatic N) is 2. The third kappa shape index (κ3) is 5.55. The second-order valence-corrected chi connectivity index (χ2v) is 10.4. The minimum absolute atomic E-state index is 0.0440. The van der Waals surface area contributed by atoms with E-state index in [-0.39, 0.29) is 35.2 Å². The smallest absolute Gasteiger partial charge is 0.253 e. The van der Waals surface area contributed by atoms with Crippen LogP contribution in [0.4, 0.5) is 0 Å². The van der Waals surface area contributed by atoms with Gasteiger partial charge in [0.25, 0.3) is 5.91 Å². The first kappa shape index (κ1) is 23.9. The maximum atomic E-state index is 12.9. The molecule has 0 saturated carbocycles. The van der Waals surface area contributed by atoms with Crippen molar-refractivity contribution in [1.29, 1.82) is 0 Å². The summed E-state index contributed by atoms with van der Waals surface area (Å²) in [4.78, 5) is 27.0. The summed E-state index contributed by atoms with van der Waals surface area (Å²) in [6, 6.07) is 15.6.